The molecule has 0 fully saturated rings. The van der Waals surface area contributed by atoms with Crippen LogP contribution in [-0.4, -0.2) is 42.3 Å². The van der Waals surface area contributed by atoms with E-state index in [9.17, 15) is 31.1 Å². The number of esters is 1. The molecule has 266 valence electrons. The van der Waals surface area contributed by atoms with Gasteiger partial charge in [0.25, 0.3) is 0 Å². The number of hydrogen-bond donors (Lipinski definition) is 0. The lowest BCUT2D eigenvalue weighted by molar-refractivity contribution is -0.514. The minimum Gasteiger partial charge on any atom is -0.493 e. The van der Waals surface area contributed by atoms with Crippen LogP contribution in [0.5, 0.6) is 5.75 Å². The number of ether oxygens (including phenoxy) is 4. The Kier molecular flexibility index (Phi) is 14.0. The molecule has 0 spiro atoms. The highest BCUT2D eigenvalue weighted by Crippen LogP contribution is 2.37. The summed E-state index contributed by atoms with van der Waals surface area (Å²) in [7, 11) is 0. The van der Waals surface area contributed by atoms with Gasteiger partial charge in [0.1, 0.15) is 5.75 Å². The third-order valence-corrected chi connectivity index (χ3v) is 7.67. The smallest absolute Gasteiger partial charge is 0.493 e. The molecule has 6 nitrogen and oxygen atoms in total. The molecule has 0 aliphatic rings. The van der Waals surface area contributed by atoms with Gasteiger partial charge in [-0.25, -0.2) is 14.3 Å². The molecule has 0 saturated heterocycles. The molecule has 0 aliphatic heterocycles. The fraction of sp³-hybridized carbons (Fsp3) is 0.528. The zero-order valence-electron chi connectivity index (χ0n) is 28.0. The van der Waals surface area contributed by atoms with Crippen molar-refractivity contribution in [2.24, 2.45) is 0 Å². The van der Waals surface area contributed by atoms with Crippen molar-refractivity contribution >= 4 is 16.9 Å². The molecule has 0 saturated carbocycles. The second kappa shape index (κ2) is 17.2. The van der Waals surface area contributed by atoms with Crippen molar-refractivity contribution in [2.45, 2.75) is 111 Å². The van der Waals surface area contributed by atoms with Gasteiger partial charge in [-0.2, -0.15) is 17.6 Å². The molecular formula is C36H45F6NO5. The van der Waals surface area contributed by atoms with Crippen molar-refractivity contribution in [3.63, 3.8) is 0 Å². The highest BCUT2D eigenvalue weighted by Gasteiger charge is 2.52. The number of alkyl halides is 6. The van der Waals surface area contributed by atoms with Crippen molar-refractivity contribution in [1.82, 2.24) is 4.57 Å². The first-order chi connectivity index (χ1) is 22.6. The summed E-state index contributed by atoms with van der Waals surface area (Å²) in [6.45, 7) is 9.81. The van der Waals surface area contributed by atoms with Crippen LogP contribution in [0.4, 0.5) is 26.3 Å². The van der Waals surface area contributed by atoms with Crippen LogP contribution in [0.2, 0.25) is 0 Å². The Balaban J connectivity index is 1.69. The van der Waals surface area contributed by atoms with Crippen LogP contribution >= 0.6 is 0 Å². The summed E-state index contributed by atoms with van der Waals surface area (Å²) >= 11 is 0. The number of benzene rings is 2. The second-order valence-corrected chi connectivity index (χ2v) is 11.9. The number of carbonyl (C=O) groups is 1. The largest absolute Gasteiger partial charge is 0.494 e. The number of carbonyl (C=O) groups excluding carboxylic acids is 1. The molecule has 0 N–H and O–H groups in total. The molecule has 0 atom stereocenters. The lowest BCUT2D eigenvalue weighted by Crippen LogP contribution is -2.41. The Morgan fingerprint density at radius 3 is 2.10 bits per heavy atom. The first kappa shape index (κ1) is 38.9. The second-order valence-electron chi connectivity index (χ2n) is 11.9. The zero-order chi connectivity index (χ0) is 35.5. The number of fused-ring (bicyclic) bond motifs is 1. The summed E-state index contributed by atoms with van der Waals surface area (Å²) in [4.78, 5) is 11.3. The fourth-order valence-corrected chi connectivity index (χ4v) is 5.20. The van der Waals surface area contributed by atoms with Gasteiger partial charge in [-0.3, -0.25) is 0 Å². The number of aryl methyl sites for hydroxylation is 3. The molecule has 1 aromatic heterocycles. The average molecular weight is 686 g/mol. The van der Waals surface area contributed by atoms with E-state index in [1.54, 1.807) is 18.2 Å². The van der Waals surface area contributed by atoms with Crippen molar-refractivity contribution < 1.29 is 50.1 Å². The van der Waals surface area contributed by atoms with E-state index in [0.717, 1.165) is 72.8 Å². The normalized spacial score (nSPS) is 12.5. The molecule has 48 heavy (non-hydrogen) atoms. The van der Waals surface area contributed by atoms with E-state index < -0.39 is 50.5 Å². The van der Waals surface area contributed by atoms with E-state index in [-0.39, 0.29) is 11.3 Å². The monoisotopic (exact) mass is 685 g/mol. The summed E-state index contributed by atoms with van der Waals surface area (Å²) < 4.78 is 103. The lowest BCUT2D eigenvalue weighted by Gasteiger charge is -2.26. The highest BCUT2D eigenvalue weighted by atomic mass is 19.3. The summed E-state index contributed by atoms with van der Waals surface area (Å²) in [5.41, 5.74) is 5.26. The maximum Gasteiger partial charge on any atom is 0.494 e. The Labute approximate surface area is 278 Å². The first-order valence-electron chi connectivity index (χ1n) is 16.3. The number of hydrogen-bond acceptors (Lipinski definition) is 5. The number of unbranched alkanes of at least 4 members (excludes halogenated alkanes) is 4. The van der Waals surface area contributed by atoms with Crippen LogP contribution < -0.4 is 4.74 Å². The van der Waals surface area contributed by atoms with E-state index in [0.29, 0.717) is 0 Å². The van der Waals surface area contributed by atoms with Crippen LogP contribution in [-0.2, 0) is 32.0 Å². The van der Waals surface area contributed by atoms with Crippen LogP contribution in [0.3, 0.4) is 0 Å². The average Bonchev–Trinajstić information content (AvgIpc) is 3.33. The van der Waals surface area contributed by atoms with Crippen molar-refractivity contribution in [3.05, 3.63) is 65.7 Å². The van der Waals surface area contributed by atoms with Gasteiger partial charge >= 0.3 is 24.5 Å². The molecule has 3 aromatic rings. The van der Waals surface area contributed by atoms with Crippen molar-refractivity contribution in [1.29, 1.82) is 0 Å². The molecular weight excluding hydrogens is 640 g/mol. The number of aromatic nitrogens is 1. The maximum atomic E-state index is 14.3. The van der Waals surface area contributed by atoms with E-state index in [1.165, 1.54) is 18.9 Å². The molecule has 12 heteroatoms. The minimum atomic E-state index is -5.36. The fourth-order valence-electron chi connectivity index (χ4n) is 5.20. The van der Waals surface area contributed by atoms with E-state index in [2.05, 4.69) is 70.4 Å². The third kappa shape index (κ3) is 11.9. The van der Waals surface area contributed by atoms with Crippen LogP contribution in [0.15, 0.2) is 54.6 Å². The van der Waals surface area contributed by atoms with Crippen LogP contribution in [0, 0.1) is 6.92 Å². The number of rotatable bonds is 21. The van der Waals surface area contributed by atoms with Gasteiger partial charge in [-0.1, -0.05) is 64.3 Å². The molecule has 0 amide bonds. The summed E-state index contributed by atoms with van der Waals surface area (Å²) in [6.07, 6.45) is -10.0. The van der Waals surface area contributed by atoms with Gasteiger partial charge in [0, 0.05) is 34.8 Å². The predicted octanol–water partition coefficient (Wildman–Crippen LogP) is 10.6. The summed E-state index contributed by atoms with van der Waals surface area (Å²) in [5.74, 6) is -0.802. The summed E-state index contributed by atoms with van der Waals surface area (Å²) in [5, 5.41) is 0.918. The molecule has 0 bridgehead atoms. The quantitative estimate of drug-likeness (QED) is 0.0367. The molecule has 0 radical (unpaired) electrons. The zero-order valence-corrected chi connectivity index (χ0v) is 28.0. The minimum absolute atomic E-state index is 0.103. The van der Waals surface area contributed by atoms with Crippen molar-refractivity contribution in [3.8, 4) is 17.0 Å². The number of nitrogens with zero attached hydrogens (tertiary/aromatic N) is 1. The van der Waals surface area contributed by atoms with Gasteiger partial charge < -0.3 is 14.0 Å². The molecule has 1 heterocycles. The van der Waals surface area contributed by atoms with E-state index in [4.69, 9.17) is 4.74 Å². The number of halogens is 6. The Morgan fingerprint density at radius 1 is 0.833 bits per heavy atom. The predicted molar refractivity (Wildman–Crippen MR) is 172 cm³/mol. The summed E-state index contributed by atoms with van der Waals surface area (Å²) in [6, 6.07) is 13.7. The standard InChI is InChI=1S/C36H45F6NO5/c1-6-8-10-12-27-13-16-30(26(5)22-27)32-23-28-14-15-29(24-31(28)43(32)19-11-9-7-2)45-20-17-34(37,38)47-36(41,42)48-35(39,40)18-21-46-33(44)25(3)4/h13-16,22-24H,3,6-12,17-21H2,1-2,4-5H3. The molecule has 0 aliphatic carbocycles. The van der Waals surface area contributed by atoms with Gasteiger partial charge in [0.15, 0.2) is 0 Å². The van der Waals surface area contributed by atoms with Gasteiger partial charge in [0.05, 0.1) is 31.6 Å². The van der Waals surface area contributed by atoms with Crippen LogP contribution in [0.1, 0.15) is 83.3 Å². The maximum absolute atomic E-state index is 14.3. The van der Waals surface area contributed by atoms with Gasteiger partial charge in [0.2, 0.25) is 0 Å². The third-order valence-electron chi connectivity index (χ3n) is 7.67. The van der Waals surface area contributed by atoms with Crippen molar-refractivity contribution in [2.75, 3.05) is 13.2 Å². The van der Waals surface area contributed by atoms with Gasteiger partial charge in [-0.15, -0.1) is 8.78 Å². The highest BCUT2D eigenvalue weighted by molar-refractivity contribution is 5.89. The molecule has 0 unspecified atom stereocenters. The van der Waals surface area contributed by atoms with E-state index in [1.807, 2.05) is 0 Å². The topological polar surface area (TPSA) is 58.9 Å². The van der Waals surface area contributed by atoms with E-state index >= 15 is 0 Å². The Morgan fingerprint density at radius 2 is 1.48 bits per heavy atom. The SMILES string of the molecule is C=C(C)C(=O)OCCC(F)(F)OC(F)(F)OC(F)(F)CCOc1ccc2cc(-c3ccc(CCCCC)cc3C)n(CCCCC)c2c1. The molecule has 3 rings (SSSR count). The Hall–Kier alpha value is -3.51. The first-order valence-corrected chi connectivity index (χ1v) is 16.3. The lowest BCUT2D eigenvalue weighted by atomic mass is 9.99. The van der Waals surface area contributed by atoms with Gasteiger partial charge in [-0.05, 0) is 62.4 Å². The Bertz CT molecular complexity index is 1520. The molecule has 2 aromatic carbocycles. The van der Waals surface area contributed by atoms with Crippen LogP contribution in [0.25, 0.3) is 22.2 Å².